The predicted molar refractivity (Wildman–Crippen MR) is 67.0 cm³/mol. The van der Waals surface area contributed by atoms with E-state index in [4.69, 9.17) is 0 Å². The summed E-state index contributed by atoms with van der Waals surface area (Å²) in [6.07, 6.45) is 1.88. The van der Waals surface area contributed by atoms with Gasteiger partial charge in [-0.05, 0) is 24.3 Å². The summed E-state index contributed by atoms with van der Waals surface area (Å²) < 4.78 is 1.97. The first kappa shape index (κ1) is 9.84. The number of imidazole rings is 1. The zero-order valence-electron chi connectivity index (χ0n) is 9.34. The van der Waals surface area contributed by atoms with Crippen molar-refractivity contribution >= 4 is 28.3 Å². The van der Waals surface area contributed by atoms with Crippen LogP contribution in [0.4, 0.5) is 5.69 Å². The highest BCUT2D eigenvalue weighted by molar-refractivity contribution is 5.89. The van der Waals surface area contributed by atoms with Crippen LogP contribution in [0.5, 0.6) is 0 Å². The molecule has 1 N–H and O–H groups in total. The normalized spacial score (nSPS) is 10.9. The summed E-state index contributed by atoms with van der Waals surface area (Å²) in [5.41, 5.74) is 3.63. The van der Waals surface area contributed by atoms with Crippen molar-refractivity contribution in [1.29, 1.82) is 0 Å². The van der Waals surface area contributed by atoms with Gasteiger partial charge in [-0.25, -0.2) is 4.98 Å². The molecule has 3 rings (SSSR count). The van der Waals surface area contributed by atoms with Gasteiger partial charge < -0.3 is 5.32 Å². The topological polar surface area (TPSA) is 46.4 Å². The van der Waals surface area contributed by atoms with Crippen molar-refractivity contribution in [2.24, 2.45) is 0 Å². The molecule has 3 aromatic rings. The lowest BCUT2D eigenvalue weighted by molar-refractivity contribution is -0.114. The predicted octanol–water partition coefficient (Wildman–Crippen LogP) is 2.45. The summed E-state index contributed by atoms with van der Waals surface area (Å²) in [5, 5.41) is 2.76. The molecule has 84 valence electrons. The van der Waals surface area contributed by atoms with Gasteiger partial charge >= 0.3 is 0 Å². The Balaban J connectivity index is 2.26. The molecule has 2 aromatic heterocycles. The van der Waals surface area contributed by atoms with Crippen molar-refractivity contribution in [2.75, 3.05) is 5.32 Å². The second-order valence-electron chi connectivity index (χ2n) is 3.93. The first-order chi connectivity index (χ1) is 8.24. The van der Waals surface area contributed by atoms with Crippen LogP contribution >= 0.6 is 0 Å². The van der Waals surface area contributed by atoms with Crippen LogP contribution in [0.25, 0.3) is 16.7 Å². The molecule has 0 fully saturated rings. The SMILES string of the molecule is CC(=O)Nc1ccc2nc3ccccc3n2c1. The zero-order chi connectivity index (χ0) is 11.8. The highest BCUT2D eigenvalue weighted by atomic mass is 16.1. The molecule has 0 spiro atoms. The van der Waals surface area contributed by atoms with Gasteiger partial charge in [-0.1, -0.05) is 12.1 Å². The Hall–Kier alpha value is -2.36. The number of benzene rings is 1. The molecule has 0 aliphatic rings. The first-order valence-corrected chi connectivity index (χ1v) is 5.38. The van der Waals surface area contributed by atoms with Gasteiger partial charge in [0, 0.05) is 13.1 Å². The molecule has 0 aliphatic heterocycles. The van der Waals surface area contributed by atoms with Gasteiger partial charge in [-0.15, -0.1) is 0 Å². The van der Waals surface area contributed by atoms with Gasteiger partial charge in [0.15, 0.2) is 0 Å². The van der Waals surface area contributed by atoms with E-state index < -0.39 is 0 Å². The van der Waals surface area contributed by atoms with Crippen LogP contribution in [0.1, 0.15) is 6.92 Å². The van der Waals surface area contributed by atoms with E-state index in [1.54, 1.807) is 0 Å². The van der Waals surface area contributed by atoms with E-state index in [-0.39, 0.29) is 5.91 Å². The molecule has 0 saturated carbocycles. The largest absolute Gasteiger partial charge is 0.325 e. The maximum Gasteiger partial charge on any atom is 0.221 e. The molecular weight excluding hydrogens is 214 g/mol. The Morgan fingerprint density at radius 2 is 2.06 bits per heavy atom. The first-order valence-electron chi connectivity index (χ1n) is 5.38. The highest BCUT2D eigenvalue weighted by Gasteiger charge is 2.04. The molecule has 4 heteroatoms. The van der Waals surface area contributed by atoms with Gasteiger partial charge in [-0.2, -0.15) is 0 Å². The lowest BCUT2D eigenvalue weighted by Gasteiger charge is -2.02. The number of nitrogens with zero attached hydrogens (tertiary/aromatic N) is 2. The number of nitrogens with one attached hydrogen (secondary N) is 1. The number of hydrogen-bond acceptors (Lipinski definition) is 2. The van der Waals surface area contributed by atoms with Crippen LogP contribution < -0.4 is 5.32 Å². The third-order valence-electron chi connectivity index (χ3n) is 2.62. The molecular formula is C13H11N3O. The van der Waals surface area contributed by atoms with Crippen molar-refractivity contribution in [2.45, 2.75) is 6.92 Å². The Kier molecular flexibility index (Phi) is 2.08. The van der Waals surface area contributed by atoms with E-state index in [1.807, 2.05) is 47.0 Å². The van der Waals surface area contributed by atoms with Crippen LogP contribution in [0, 0.1) is 0 Å². The Bertz CT molecular complexity index is 715. The average molecular weight is 225 g/mol. The van der Waals surface area contributed by atoms with E-state index in [0.717, 1.165) is 22.4 Å². The third kappa shape index (κ3) is 1.63. The van der Waals surface area contributed by atoms with Crippen LogP contribution in [-0.4, -0.2) is 15.3 Å². The number of rotatable bonds is 1. The summed E-state index contributed by atoms with van der Waals surface area (Å²) in [5.74, 6) is -0.0752. The van der Waals surface area contributed by atoms with E-state index >= 15 is 0 Å². The van der Waals surface area contributed by atoms with Gasteiger partial charge in [0.2, 0.25) is 5.91 Å². The summed E-state index contributed by atoms with van der Waals surface area (Å²) >= 11 is 0. The molecule has 0 bridgehead atoms. The highest BCUT2D eigenvalue weighted by Crippen LogP contribution is 2.18. The van der Waals surface area contributed by atoms with Gasteiger partial charge in [-0.3, -0.25) is 9.20 Å². The summed E-state index contributed by atoms with van der Waals surface area (Å²) in [6, 6.07) is 11.7. The third-order valence-corrected chi connectivity index (χ3v) is 2.62. The maximum atomic E-state index is 11.0. The standard InChI is InChI=1S/C13H11N3O/c1-9(17)14-10-6-7-13-15-11-4-2-3-5-12(11)16(13)8-10/h2-8H,1H3,(H,14,17). The number of aromatic nitrogens is 2. The molecule has 0 aliphatic carbocycles. The van der Waals surface area contributed by atoms with Crippen molar-refractivity contribution in [1.82, 2.24) is 9.38 Å². The Labute approximate surface area is 97.9 Å². The minimum atomic E-state index is -0.0752. The molecule has 1 aromatic carbocycles. The number of para-hydroxylation sites is 2. The van der Waals surface area contributed by atoms with Crippen LogP contribution in [-0.2, 0) is 4.79 Å². The lowest BCUT2D eigenvalue weighted by Crippen LogP contribution is -2.06. The number of carbonyl (C=O) groups is 1. The van der Waals surface area contributed by atoms with Crippen LogP contribution in [0.15, 0.2) is 42.6 Å². The van der Waals surface area contributed by atoms with Crippen molar-refractivity contribution in [3.05, 3.63) is 42.6 Å². The van der Waals surface area contributed by atoms with E-state index in [2.05, 4.69) is 10.3 Å². The van der Waals surface area contributed by atoms with Crippen molar-refractivity contribution < 1.29 is 4.79 Å². The maximum absolute atomic E-state index is 11.0. The summed E-state index contributed by atoms with van der Waals surface area (Å²) in [7, 11) is 0. The smallest absolute Gasteiger partial charge is 0.221 e. The van der Waals surface area contributed by atoms with Crippen LogP contribution in [0.3, 0.4) is 0 Å². The molecule has 1 amide bonds. The van der Waals surface area contributed by atoms with Gasteiger partial charge in [0.25, 0.3) is 0 Å². The van der Waals surface area contributed by atoms with Gasteiger partial charge in [0.05, 0.1) is 16.7 Å². The molecule has 0 atom stereocenters. The summed E-state index contributed by atoms with van der Waals surface area (Å²) in [4.78, 5) is 15.5. The minimum absolute atomic E-state index is 0.0752. The Morgan fingerprint density at radius 3 is 2.88 bits per heavy atom. The zero-order valence-corrected chi connectivity index (χ0v) is 9.34. The molecule has 17 heavy (non-hydrogen) atoms. The fraction of sp³-hybridized carbons (Fsp3) is 0.0769. The van der Waals surface area contributed by atoms with Crippen LogP contribution in [0.2, 0.25) is 0 Å². The number of hydrogen-bond donors (Lipinski definition) is 1. The molecule has 4 nitrogen and oxygen atoms in total. The fourth-order valence-corrected chi connectivity index (χ4v) is 1.94. The number of amides is 1. The number of anilines is 1. The lowest BCUT2D eigenvalue weighted by atomic mass is 10.3. The fourth-order valence-electron chi connectivity index (χ4n) is 1.94. The number of carbonyl (C=O) groups excluding carboxylic acids is 1. The summed E-state index contributed by atoms with van der Waals surface area (Å²) in [6.45, 7) is 1.50. The number of fused-ring (bicyclic) bond motifs is 3. The van der Waals surface area contributed by atoms with Crippen molar-refractivity contribution in [3.63, 3.8) is 0 Å². The second-order valence-corrected chi connectivity index (χ2v) is 3.93. The van der Waals surface area contributed by atoms with E-state index in [0.29, 0.717) is 0 Å². The molecule has 0 unspecified atom stereocenters. The van der Waals surface area contributed by atoms with E-state index in [1.165, 1.54) is 6.92 Å². The molecule has 2 heterocycles. The molecule has 0 saturated heterocycles. The Morgan fingerprint density at radius 1 is 1.24 bits per heavy atom. The van der Waals surface area contributed by atoms with E-state index in [9.17, 15) is 4.79 Å². The van der Waals surface area contributed by atoms with Gasteiger partial charge in [0.1, 0.15) is 5.65 Å². The minimum Gasteiger partial charge on any atom is -0.325 e. The molecule has 0 radical (unpaired) electrons. The number of pyridine rings is 1. The second kappa shape index (κ2) is 3.59. The van der Waals surface area contributed by atoms with Crippen molar-refractivity contribution in [3.8, 4) is 0 Å². The quantitative estimate of drug-likeness (QED) is 0.691. The average Bonchev–Trinajstić information content (AvgIpc) is 2.66. The monoisotopic (exact) mass is 225 g/mol.